The van der Waals surface area contributed by atoms with E-state index in [9.17, 15) is 0 Å². The molecule has 164 valence electrons. The van der Waals surface area contributed by atoms with Gasteiger partial charge >= 0.3 is 0 Å². The van der Waals surface area contributed by atoms with Crippen molar-refractivity contribution in [3.8, 4) is 5.75 Å². The topological polar surface area (TPSA) is 49.3 Å². The number of hydrogen-bond donors (Lipinski definition) is 1. The molecule has 7 heteroatoms. The van der Waals surface area contributed by atoms with E-state index in [1.54, 1.807) is 0 Å². The van der Waals surface area contributed by atoms with E-state index in [-0.39, 0.29) is 24.0 Å². The Labute approximate surface area is 193 Å². The van der Waals surface area contributed by atoms with Gasteiger partial charge in [-0.05, 0) is 37.0 Å². The van der Waals surface area contributed by atoms with Gasteiger partial charge in [-0.1, -0.05) is 26.0 Å². The van der Waals surface area contributed by atoms with Crippen LogP contribution in [0.2, 0.25) is 0 Å². The minimum atomic E-state index is 0. The van der Waals surface area contributed by atoms with Gasteiger partial charge < -0.3 is 19.7 Å². The van der Waals surface area contributed by atoms with E-state index >= 15 is 0 Å². The first kappa shape index (κ1) is 24.2. The Bertz CT molecular complexity index is 618. The zero-order valence-electron chi connectivity index (χ0n) is 18.1. The SMILES string of the molecule is CCNC(=NCCOc1ccc(C(C)C)cc1)N1CCC(N2CCOCC2)C1.I. The molecule has 2 aliphatic heterocycles. The van der Waals surface area contributed by atoms with Gasteiger partial charge in [0.1, 0.15) is 12.4 Å². The summed E-state index contributed by atoms with van der Waals surface area (Å²) in [4.78, 5) is 9.76. The fraction of sp³-hybridized carbons (Fsp3) is 0.682. The Balaban J connectivity index is 0.00000300. The van der Waals surface area contributed by atoms with Gasteiger partial charge in [-0.25, -0.2) is 4.99 Å². The number of morpholine rings is 1. The third-order valence-electron chi connectivity index (χ3n) is 5.53. The van der Waals surface area contributed by atoms with Crippen molar-refractivity contribution < 1.29 is 9.47 Å². The molecule has 0 bridgehead atoms. The van der Waals surface area contributed by atoms with E-state index in [1.165, 1.54) is 12.0 Å². The second kappa shape index (κ2) is 12.6. The number of nitrogens with zero attached hydrogens (tertiary/aromatic N) is 3. The lowest BCUT2D eigenvalue weighted by Gasteiger charge is -2.32. The lowest BCUT2D eigenvalue weighted by molar-refractivity contribution is 0.0195. The minimum Gasteiger partial charge on any atom is -0.492 e. The highest BCUT2D eigenvalue weighted by atomic mass is 127. The van der Waals surface area contributed by atoms with Crippen molar-refractivity contribution in [2.45, 2.75) is 39.2 Å². The highest BCUT2D eigenvalue weighted by Crippen LogP contribution is 2.19. The van der Waals surface area contributed by atoms with Gasteiger partial charge in [0, 0.05) is 38.8 Å². The second-order valence-corrected chi connectivity index (χ2v) is 7.84. The zero-order chi connectivity index (χ0) is 19.8. The fourth-order valence-corrected chi connectivity index (χ4v) is 3.86. The van der Waals surface area contributed by atoms with Crippen LogP contribution in [0.3, 0.4) is 0 Å². The molecule has 0 amide bonds. The van der Waals surface area contributed by atoms with E-state index in [0.717, 1.165) is 57.6 Å². The number of nitrogens with one attached hydrogen (secondary N) is 1. The fourth-order valence-electron chi connectivity index (χ4n) is 3.86. The molecule has 0 spiro atoms. The number of rotatable bonds is 7. The lowest BCUT2D eigenvalue weighted by atomic mass is 10.0. The van der Waals surface area contributed by atoms with Crippen LogP contribution in [0.5, 0.6) is 5.75 Å². The van der Waals surface area contributed by atoms with Crippen LogP contribution in [0.4, 0.5) is 0 Å². The summed E-state index contributed by atoms with van der Waals surface area (Å²) in [5.41, 5.74) is 1.34. The first-order valence-electron chi connectivity index (χ1n) is 10.7. The van der Waals surface area contributed by atoms with Crippen LogP contribution in [-0.4, -0.2) is 80.9 Å². The molecule has 1 atom stereocenters. The van der Waals surface area contributed by atoms with Crippen LogP contribution in [0.25, 0.3) is 0 Å². The van der Waals surface area contributed by atoms with Crippen molar-refractivity contribution in [1.29, 1.82) is 0 Å². The van der Waals surface area contributed by atoms with Crippen molar-refractivity contribution in [2.75, 3.05) is 59.1 Å². The van der Waals surface area contributed by atoms with E-state index in [1.807, 2.05) is 0 Å². The number of hydrogen-bond acceptors (Lipinski definition) is 4. The van der Waals surface area contributed by atoms with Gasteiger partial charge in [0.05, 0.1) is 19.8 Å². The average Bonchev–Trinajstić information content (AvgIpc) is 3.21. The number of benzene rings is 1. The highest BCUT2D eigenvalue weighted by molar-refractivity contribution is 14.0. The number of ether oxygens (including phenoxy) is 2. The third kappa shape index (κ3) is 7.29. The Morgan fingerprint density at radius 1 is 1.21 bits per heavy atom. The van der Waals surface area contributed by atoms with Crippen LogP contribution in [0, 0.1) is 0 Å². The predicted octanol–water partition coefficient (Wildman–Crippen LogP) is 3.18. The van der Waals surface area contributed by atoms with E-state index in [2.05, 4.69) is 60.2 Å². The van der Waals surface area contributed by atoms with Crippen LogP contribution in [-0.2, 0) is 4.74 Å². The second-order valence-electron chi connectivity index (χ2n) is 7.84. The van der Waals surface area contributed by atoms with Gasteiger partial charge in [-0.15, -0.1) is 24.0 Å². The maximum absolute atomic E-state index is 5.87. The maximum Gasteiger partial charge on any atom is 0.194 e. The predicted molar refractivity (Wildman–Crippen MR) is 130 cm³/mol. The molecule has 2 aliphatic rings. The number of likely N-dealkylation sites (tertiary alicyclic amines) is 1. The monoisotopic (exact) mass is 516 g/mol. The van der Waals surface area contributed by atoms with Crippen LogP contribution in [0.1, 0.15) is 38.7 Å². The lowest BCUT2D eigenvalue weighted by Crippen LogP contribution is -2.46. The normalized spacial score (nSPS) is 20.6. The maximum atomic E-state index is 5.87. The standard InChI is InChI=1S/C22H36N4O2.HI/c1-4-23-22(26-11-9-20(17-26)25-12-15-27-16-13-25)24-10-14-28-21-7-5-19(6-8-21)18(2)3;/h5-8,18,20H,4,9-17H2,1-3H3,(H,23,24);1H. The molecule has 3 rings (SSSR count). The molecule has 0 aliphatic carbocycles. The molecule has 1 unspecified atom stereocenters. The molecule has 0 radical (unpaired) electrons. The van der Waals surface area contributed by atoms with Gasteiger partial charge in [0.15, 0.2) is 5.96 Å². The van der Waals surface area contributed by atoms with Gasteiger partial charge in [0.2, 0.25) is 0 Å². The number of halogens is 1. The average molecular weight is 516 g/mol. The summed E-state index contributed by atoms with van der Waals surface area (Å²) in [5.74, 6) is 2.47. The molecule has 1 aromatic carbocycles. The number of guanidine groups is 1. The molecule has 0 saturated carbocycles. The molecule has 1 N–H and O–H groups in total. The molecule has 2 heterocycles. The van der Waals surface area contributed by atoms with Gasteiger partial charge in [-0.2, -0.15) is 0 Å². The summed E-state index contributed by atoms with van der Waals surface area (Å²) in [6.45, 7) is 14.6. The first-order valence-corrected chi connectivity index (χ1v) is 10.7. The summed E-state index contributed by atoms with van der Waals surface area (Å²) in [6.07, 6.45) is 1.20. The minimum absolute atomic E-state index is 0. The third-order valence-corrected chi connectivity index (χ3v) is 5.53. The summed E-state index contributed by atoms with van der Waals surface area (Å²) in [6, 6.07) is 9.01. The molecule has 29 heavy (non-hydrogen) atoms. The van der Waals surface area contributed by atoms with Gasteiger partial charge in [-0.3, -0.25) is 4.90 Å². The largest absolute Gasteiger partial charge is 0.492 e. The molecule has 2 fully saturated rings. The quantitative estimate of drug-likeness (QED) is 0.261. The van der Waals surface area contributed by atoms with Crippen LogP contribution in [0.15, 0.2) is 29.3 Å². The van der Waals surface area contributed by atoms with Crippen molar-refractivity contribution >= 4 is 29.9 Å². The first-order chi connectivity index (χ1) is 13.7. The van der Waals surface area contributed by atoms with Gasteiger partial charge in [0.25, 0.3) is 0 Å². The smallest absolute Gasteiger partial charge is 0.194 e. The summed E-state index contributed by atoms with van der Waals surface area (Å²) < 4.78 is 11.4. The molecule has 2 saturated heterocycles. The Morgan fingerprint density at radius 2 is 1.93 bits per heavy atom. The molecule has 0 aromatic heterocycles. The van der Waals surface area contributed by atoms with E-state index in [0.29, 0.717) is 25.1 Å². The van der Waals surface area contributed by atoms with E-state index < -0.39 is 0 Å². The Morgan fingerprint density at radius 3 is 2.59 bits per heavy atom. The van der Waals surface area contributed by atoms with Crippen LogP contribution < -0.4 is 10.1 Å². The van der Waals surface area contributed by atoms with Crippen LogP contribution >= 0.6 is 24.0 Å². The van der Waals surface area contributed by atoms with Crippen molar-refractivity contribution in [3.63, 3.8) is 0 Å². The van der Waals surface area contributed by atoms with E-state index in [4.69, 9.17) is 14.5 Å². The molecular weight excluding hydrogens is 479 g/mol. The molecule has 1 aromatic rings. The van der Waals surface area contributed by atoms with Crippen molar-refractivity contribution in [2.24, 2.45) is 4.99 Å². The Kier molecular flexibility index (Phi) is 10.5. The summed E-state index contributed by atoms with van der Waals surface area (Å²) in [5, 5.41) is 3.44. The summed E-state index contributed by atoms with van der Waals surface area (Å²) in [7, 11) is 0. The zero-order valence-corrected chi connectivity index (χ0v) is 20.4. The number of aliphatic imine (C=N–C) groups is 1. The summed E-state index contributed by atoms with van der Waals surface area (Å²) >= 11 is 0. The highest BCUT2D eigenvalue weighted by Gasteiger charge is 2.30. The molecular formula is C22H37IN4O2. The van der Waals surface area contributed by atoms with Crippen molar-refractivity contribution in [1.82, 2.24) is 15.1 Å². The molecule has 6 nitrogen and oxygen atoms in total. The van der Waals surface area contributed by atoms with Crippen molar-refractivity contribution in [3.05, 3.63) is 29.8 Å². The Hall–Kier alpha value is -1.06.